The van der Waals surface area contributed by atoms with Crippen LogP contribution in [0, 0.1) is 0 Å². The molecule has 2 unspecified atom stereocenters. The van der Waals surface area contributed by atoms with Gasteiger partial charge >= 0.3 is 0 Å². The molecule has 5 rings (SSSR count). The topological polar surface area (TPSA) is 62.2 Å². The van der Waals surface area contributed by atoms with Gasteiger partial charge in [-0.05, 0) is 92.0 Å². The number of likely N-dealkylation sites (tertiary alicyclic amines) is 1. The van der Waals surface area contributed by atoms with Gasteiger partial charge in [0, 0.05) is 11.1 Å². The van der Waals surface area contributed by atoms with E-state index in [0.717, 1.165) is 40.7 Å². The lowest BCUT2D eigenvalue weighted by Gasteiger charge is -2.31. The second kappa shape index (κ2) is 10.2. The van der Waals surface area contributed by atoms with E-state index >= 15 is 0 Å². The molecular weight excluding hydrogens is 464 g/mol. The fourth-order valence-electron chi connectivity index (χ4n) is 5.05. The number of phenolic OH excluding ortho intramolecular Hbond substituents is 2. The highest BCUT2D eigenvalue weighted by atomic mass is 19.3. The van der Waals surface area contributed by atoms with Gasteiger partial charge < -0.3 is 19.7 Å². The Morgan fingerprint density at radius 1 is 0.972 bits per heavy atom. The molecule has 1 saturated heterocycles. The van der Waals surface area contributed by atoms with E-state index in [9.17, 15) is 19.0 Å². The Bertz CT molecular complexity index is 1250. The number of benzene rings is 3. The fraction of sp³-hybridized carbons (Fsp3) is 0.310. The summed E-state index contributed by atoms with van der Waals surface area (Å²) in [6.07, 6.45) is -1.06. The van der Waals surface area contributed by atoms with Crippen molar-refractivity contribution in [3.8, 4) is 23.0 Å². The van der Waals surface area contributed by atoms with Crippen LogP contribution in [0.25, 0.3) is 11.1 Å². The molecule has 5 nitrogen and oxygen atoms in total. The molecular formula is C29H29F2NO4. The van der Waals surface area contributed by atoms with Crippen LogP contribution in [-0.2, 0) is 0 Å². The third-order valence-corrected chi connectivity index (χ3v) is 6.94. The molecule has 2 aliphatic rings. The molecule has 0 amide bonds. The normalized spacial score (nSPS) is 18.7. The maximum atomic E-state index is 13.6. The van der Waals surface area contributed by atoms with Crippen molar-refractivity contribution in [2.45, 2.75) is 38.3 Å². The summed E-state index contributed by atoms with van der Waals surface area (Å²) in [7, 11) is 0. The van der Waals surface area contributed by atoms with Crippen molar-refractivity contribution in [2.75, 3.05) is 19.7 Å². The van der Waals surface area contributed by atoms with Crippen LogP contribution in [0.1, 0.15) is 42.6 Å². The molecule has 2 atom stereocenters. The summed E-state index contributed by atoms with van der Waals surface area (Å²) in [6.45, 7) is 3.26. The van der Waals surface area contributed by atoms with Gasteiger partial charge in [0.15, 0.2) is 0 Å². The van der Waals surface area contributed by atoms with Crippen LogP contribution in [-0.4, -0.2) is 47.3 Å². The van der Waals surface area contributed by atoms with Crippen molar-refractivity contribution >= 4 is 11.1 Å². The summed E-state index contributed by atoms with van der Waals surface area (Å²) in [6, 6.07) is 18.3. The SMILES string of the molecule is CC1=C(c2cccc(O)c2)C(c2ccc(OCC(C(F)F)N3CCCC3)cc2)Oc2ccc(O)cc21. The maximum Gasteiger partial charge on any atom is 0.257 e. The highest BCUT2D eigenvalue weighted by Crippen LogP contribution is 2.47. The number of fused-ring (bicyclic) bond motifs is 1. The molecule has 3 aromatic carbocycles. The second-order valence-electron chi connectivity index (χ2n) is 9.29. The summed E-state index contributed by atoms with van der Waals surface area (Å²) in [5, 5.41) is 20.1. The summed E-state index contributed by atoms with van der Waals surface area (Å²) in [5.41, 5.74) is 4.23. The number of hydrogen-bond donors (Lipinski definition) is 2. The van der Waals surface area contributed by atoms with E-state index in [4.69, 9.17) is 9.47 Å². The van der Waals surface area contributed by atoms with Gasteiger partial charge in [0.05, 0.1) is 0 Å². The van der Waals surface area contributed by atoms with Crippen LogP contribution in [0.4, 0.5) is 8.78 Å². The first-order chi connectivity index (χ1) is 17.4. The number of nitrogens with zero attached hydrogens (tertiary/aromatic N) is 1. The molecule has 2 N–H and O–H groups in total. The van der Waals surface area contributed by atoms with Gasteiger partial charge in [0.1, 0.15) is 41.8 Å². The zero-order chi connectivity index (χ0) is 25.2. The van der Waals surface area contributed by atoms with Gasteiger partial charge in [-0.1, -0.05) is 24.3 Å². The van der Waals surface area contributed by atoms with Crippen molar-refractivity contribution in [3.05, 3.63) is 83.4 Å². The van der Waals surface area contributed by atoms with Crippen molar-refractivity contribution < 1.29 is 28.5 Å². The Morgan fingerprint density at radius 3 is 2.39 bits per heavy atom. The number of hydrogen-bond acceptors (Lipinski definition) is 5. The molecule has 0 saturated carbocycles. The molecule has 188 valence electrons. The Balaban J connectivity index is 1.42. The van der Waals surface area contributed by atoms with E-state index in [1.54, 1.807) is 53.4 Å². The minimum atomic E-state index is -2.46. The quantitative estimate of drug-likeness (QED) is 0.406. The van der Waals surface area contributed by atoms with E-state index in [1.165, 1.54) is 0 Å². The van der Waals surface area contributed by atoms with E-state index in [2.05, 4.69) is 0 Å². The zero-order valence-electron chi connectivity index (χ0n) is 20.0. The third kappa shape index (κ3) is 4.88. The lowest BCUT2D eigenvalue weighted by molar-refractivity contribution is 0.0115. The zero-order valence-corrected chi connectivity index (χ0v) is 20.0. The molecule has 36 heavy (non-hydrogen) atoms. The van der Waals surface area contributed by atoms with Gasteiger partial charge in [-0.2, -0.15) is 0 Å². The first-order valence-corrected chi connectivity index (χ1v) is 12.2. The first-order valence-electron chi connectivity index (χ1n) is 12.2. The third-order valence-electron chi connectivity index (χ3n) is 6.94. The summed E-state index contributed by atoms with van der Waals surface area (Å²) < 4.78 is 39.4. The van der Waals surface area contributed by atoms with Gasteiger partial charge in [0.25, 0.3) is 6.43 Å². The van der Waals surface area contributed by atoms with Crippen molar-refractivity contribution in [1.82, 2.24) is 4.90 Å². The number of ether oxygens (including phenoxy) is 2. The van der Waals surface area contributed by atoms with Crippen molar-refractivity contribution in [1.29, 1.82) is 0 Å². The van der Waals surface area contributed by atoms with Crippen LogP contribution in [0.15, 0.2) is 66.7 Å². The summed E-state index contributed by atoms with van der Waals surface area (Å²) in [5.74, 6) is 1.45. The first kappa shape index (κ1) is 24.1. The molecule has 0 bridgehead atoms. The summed E-state index contributed by atoms with van der Waals surface area (Å²) in [4.78, 5) is 1.80. The van der Waals surface area contributed by atoms with Crippen molar-refractivity contribution in [2.24, 2.45) is 0 Å². The molecule has 0 aromatic heterocycles. The van der Waals surface area contributed by atoms with Gasteiger partial charge in [-0.15, -0.1) is 0 Å². The average Bonchev–Trinajstić information content (AvgIpc) is 3.39. The average molecular weight is 494 g/mol. The molecule has 2 heterocycles. The lowest BCUT2D eigenvalue weighted by atomic mass is 9.86. The van der Waals surface area contributed by atoms with Crippen LogP contribution in [0.3, 0.4) is 0 Å². The number of allylic oxidation sites excluding steroid dienone is 1. The molecule has 1 fully saturated rings. The molecule has 0 aliphatic carbocycles. The number of rotatable bonds is 7. The highest BCUT2D eigenvalue weighted by molar-refractivity contribution is 5.95. The molecule has 7 heteroatoms. The monoisotopic (exact) mass is 493 g/mol. The molecule has 0 spiro atoms. The largest absolute Gasteiger partial charge is 0.508 e. The predicted octanol–water partition coefficient (Wildman–Crippen LogP) is 6.27. The van der Waals surface area contributed by atoms with E-state index < -0.39 is 18.6 Å². The van der Waals surface area contributed by atoms with Gasteiger partial charge in [-0.25, -0.2) is 8.78 Å². The van der Waals surface area contributed by atoms with E-state index in [1.807, 2.05) is 25.1 Å². The Hall–Kier alpha value is -3.58. The van der Waals surface area contributed by atoms with Crippen LogP contribution in [0.2, 0.25) is 0 Å². The molecule has 3 aromatic rings. The lowest BCUT2D eigenvalue weighted by Crippen LogP contribution is -2.42. The second-order valence-corrected chi connectivity index (χ2v) is 9.29. The minimum Gasteiger partial charge on any atom is -0.508 e. The number of alkyl halides is 2. The van der Waals surface area contributed by atoms with Gasteiger partial charge in [0.2, 0.25) is 0 Å². The van der Waals surface area contributed by atoms with E-state index in [0.29, 0.717) is 24.6 Å². The summed E-state index contributed by atoms with van der Waals surface area (Å²) >= 11 is 0. The number of halogens is 2. The van der Waals surface area contributed by atoms with Crippen LogP contribution in [0.5, 0.6) is 23.0 Å². The van der Waals surface area contributed by atoms with Crippen LogP contribution < -0.4 is 9.47 Å². The molecule has 0 radical (unpaired) electrons. The van der Waals surface area contributed by atoms with Crippen molar-refractivity contribution in [3.63, 3.8) is 0 Å². The predicted molar refractivity (Wildman–Crippen MR) is 135 cm³/mol. The molecule has 2 aliphatic heterocycles. The number of aromatic hydroxyl groups is 2. The van der Waals surface area contributed by atoms with Gasteiger partial charge in [-0.3, -0.25) is 4.90 Å². The highest BCUT2D eigenvalue weighted by Gasteiger charge is 2.31. The van der Waals surface area contributed by atoms with E-state index in [-0.39, 0.29) is 18.1 Å². The Morgan fingerprint density at radius 2 is 1.69 bits per heavy atom. The Labute approximate surface area is 209 Å². The fourth-order valence-corrected chi connectivity index (χ4v) is 5.05. The standard InChI is InChI=1S/C29H29F2NO4/c1-18-24-16-22(34)9-12-26(24)36-28(27(18)20-5-4-6-21(33)15-20)19-7-10-23(11-8-19)35-17-25(29(30)31)32-13-2-3-14-32/h4-12,15-16,25,28-29,33-34H,2-3,13-14,17H2,1H3. The Kier molecular flexibility index (Phi) is 6.83. The van der Waals surface area contributed by atoms with Crippen LogP contribution >= 0.6 is 0 Å². The smallest absolute Gasteiger partial charge is 0.257 e. The number of phenols is 2. The maximum absolute atomic E-state index is 13.6. The minimum absolute atomic E-state index is 0.0681.